The summed E-state index contributed by atoms with van der Waals surface area (Å²) in [6.07, 6.45) is 2.77. The fourth-order valence-corrected chi connectivity index (χ4v) is 2.75. The van der Waals surface area contributed by atoms with Gasteiger partial charge in [-0.15, -0.1) is 0 Å². The number of primary amides is 1. The lowest BCUT2D eigenvalue weighted by molar-refractivity contribution is -0.123. The number of aromatic nitrogens is 1. The minimum atomic E-state index is -1.00. The largest absolute Gasteiger partial charge is 0.449 e. The summed E-state index contributed by atoms with van der Waals surface area (Å²) >= 11 is 0. The molecule has 0 aliphatic rings. The predicted octanol–water partition coefficient (Wildman–Crippen LogP) is 3.07. The second-order valence-electron chi connectivity index (χ2n) is 6.57. The van der Waals surface area contributed by atoms with Gasteiger partial charge in [0, 0.05) is 29.3 Å². The zero-order chi connectivity index (χ0) is 21.0. The van der Waals surface area contributed by atoms with Gasteiger partial charge in [0.1, 0.15) is 0 Å². The van der Waals surface area contributed by atoms with Crippen LogP contribution in [0.5, 0.6) is 0 Å². The number of hydrogen-bond acceptors (Lipinski definition) is 4. The van der Waals surface area contributed by atoms with Crippen LogP contribution in [-0.4, -0.2) is 28.5 Å². The standard InChI is InChI=1S/C22H21N3O4/c1-14-5-6-17(13-19(14)25-11-3-4-12-25)22(28)29-15(2)21(27)24-18-9-7-16(8-10-18)20(23)26/h3-13,15H,1-2H3,(H2,23,26)(H,24,27). The Hall–Kier alpha value is -3.87. The van der Waals surface area contributed by atoms with Gasteiger partial charge in [-0.1, -0.05) is 6.07 Å². The molecule has 2 aromatic carbocycles. The molecule has 3 aromatic rings. The van der Waals surface area contributed by atoms with E-state index in [1.807, 2.05) is 42.1 Å². The summed E-state index contributed by atoms with van der Waals surface area (Å²) in [7, 11) is 0. The van der Waals surface area contributed by atoms with Crippen molar-refractivity contribution in [1.82, 2.24) is 4.57 Å². The molecule has 2 amide bonds. The van der Waals surface area contributed by atoms with Gasteiger partial charge in [0.15, 0.2) is 6.10 Å². The molecule has 1 heterocycles. The molecule has 3 N–H and O–H groups in total. The number of nitrogens with one attached hydrogen (secondary N) is 1. The number of hydrogen-bond donors (Lipinski definition) is 2. The number of anilines is 1. The van der Waals surface area contributed by atoms with Crippen LogP contribution in [0.25, 0.3) is 5.69 Å². The van der Waals surface area contributed by atoms with Gasteiger partial charge >= 0.3 is 5.97 Å². The second kappa shape index (κ2) is 8.43. The SMILES string of the molecule is Cc1ccc(C(=O)OC(C)C(=O)Nc2ccc(C(N)=O)cc2)cc1-n1cccc1. The maximum Gasteiger partial charge on any atom is 0.338 e. The third-order valence-electron chi connectivity index (χ3n) is 4.42. The van der Waals surface area contributed by atoms with E-state index >= 15 is 0 Å². The van der Waals surface area contributed by atoms with Crippen LogP contribution in [0.3, 0.4) is 0 Å². The van der Waals surface area contributed by atoms with Gasteiger partial charge in [-0.3, -0.25) is 9.59 Å². The van der Waals surface area contributed by atoms with E-state index < -0.39 is 23.9 Å². The summed E-state index contributed by atoms with van der Waals surface area (Å²) in [5.74, 6) is -1.63. The van der Waals surface area contributed by atoms with Crippen molar-refractivity contribution in [2.75, 3.05) is 5.32 Å². The van der Waals surface area contributed by atoms with Crippen LogP contribution in [0.15, 0.2) is 67.0 Å². The Morgan fingerprint density at radius 1 is 1.00 bits per heavy atom. The van der Waals surface area contributed by atoms with Gasteiger partial charge in [0.05, 0.1) is 5.56 Å². The first-order chi connectivity index (χ1) is 13.8. The van der Waals surface area contributed by atoms with Crippen molar-refractivity contribution in [1.29, 1.82) is 0 Å². The molecule has 0 spiro atoms. The molecule has 3 rings (SSSR count). The molecule has 1 aromatic heterocycles. The zero-order valence-corrected chi connectivity index (χ0v) is 16.1. The van der Waals surface area contributed by atoms with Crippen LogP contribution in [0.2, 0.25) is 0 Å². The zero-order valence-electron chi connectivity index (χ0n) is 16.1. The molecule has 0 bridgehead atoms. The number of carbonyl (C=O) groups is 3. The van der Waals surface area contributed by atoms with Gasteiger partial charge in [0.2, 0.25) is 5.91 Å². The van der Waals surface area contributed by atoms with Crippen LogP contribution in [0.4, 0.5) is 5.69 Å². The molecule has 1 atom stereocenters. The lowest BCUT2D eigenvalue weighted by atomic mass is 10.1. The first kappa shape index (κ1) is 19.9. The fraction of sp³-hybridized carbons (Fsp3) is 0.136. The number of aryl methyl sites for hydroxylation is 1. The Bertz CT molecular complexity index is 1040. The molecular formula is C22H21N3O4. The van der Waals surface area contributed by atoms with Crippen molar-refractivity contribution >= 4 is 23.5 Å². The number of rotatable bonds is 6. The summed E-state index contributed by atoms with van der Waals surface area (Å²) in [6, 6.07) is 15.1. The van der Waals surface area contributed by atoms with E-state index in [-0.39, 0.29) is 0 Å². The molecule has 0 fully saturated rings. The van der Waals surface area contributed by atoms with Crippen molar-refractivity contribution in [2.45, 2.75) is 20.0 Å². The highest BCUT2D eigenvalue weighted by Crippen LogP contribution is 2.18. The summed E-state index contributed by atoms with van der Waals surface area (Å²) in [5.41, 5.74) is 8.20. The Kier molecular flexibility index (Phi) is 5.78. The van der Waals surface area contributed by atoms with Crippen molar-refractivity contribution in [3.8, 4) is 5.69 Å². The summed E-state index contributed by atoms with van der Waals surface area (Å²) in [6.45, 7) is 3.44. The molecule has 0 saturated carbocycles. The highest BCUT2D eigenvalue weighted by molar-refractivity contribution is 5.98. The van der Waals surface area contributed by atoms with Crippen molar-refractivity contribution < 1.29 is 19.1 Å². The lowest BCUT2D eigenvalue weighted by Gasteiger charge is -2.15. The number of nitrogens with two attached hydrogens (primary N) is 1. The van der Waals surface area contributed by atoms with Gasteiger partial charge in [-0.25, -0.2) is 4.79 Å². The second-order valence-corrected chi connectivity index (χ2v) is 6.57. The third kappa shape index (κ3) is 4.70. The Labute approximate surface area is 168 Å². The molecular weight excluding hydrogens is 370 g/mol. The number of ether oxygens (including phenoxy) is 1. The number of esters is 1. The molecule has 1 unspecified atom stereocenters. The van der Waals surface area contributed by atoms with Crippen molar-refractivity contribution in [3.05, 3.63) is 83.7 Å². The summed E-state index contributed by atoms with van der Waals surface area (Å²) in [4.78, 5) is 35.9. The monoisotopic (exact) mass is 391 g/mol. The molecule has 0 aliphatic heterocycles. The van der Waals surface area contributed by atoms with Crippen LogP contribution < -0.4 is 11.1 Å². The molecule has 7 nitrogen and oxygen atoms in total. The maximum absolute atomic E-state index is 12.5. The fourth-order valence-electron chi connectivity index (χ4n) is 2.75. The Morgan fingerprint density at radius 3 is 2.24 bits per heavy atom. The molecule has 0 radical (unpaired) electrons. The lowest BCUT2D eigenvalue weighted by Crippen LogP contribution is -2.30. The summed E-state index contributed by atoms with van der Waals surface area (Å²) in [5, 5.41) is 2.64. The van der Waals surface area contributed by atoms with Crippen LogP contribution >= 0.6 is 0 Å². The minimum Gasteiger partial charge on any atom is -0.449 e. The molecule has 29 heavy (non-hydrogen) atoms. The maximum atomic E-state index is 12.5. The number of benzene rings is 2. The van der Waals surface area contributed by atoms with E-state index in [1.54, 1.807) is 24.3 Å². The van der Waals surface area contributed by atoms with Crippen LogP contribution in [-0.2, 0) is 9.53 Å². The van der Waals surface area contributed by atoms with Crippen LogP contribution in [0.1, 0.15) is 33.2 Å². The topological polar surface area (TPSA) is 103 Å². The smallest absolute Gasteiger partial charge is 0.338 e. The first-order valence-corrected chi connectivity index (χ1v) is 9.01. The quantitative estimate of drug-likeness (QED) is 0.630. The van der Waals surface area contributed by atoms with Crippen molar-refractivity contribution in [3.63, 3.8) is 0 Å². The molecule has 7 heteroatoms. The first-order valence-electron chi connectivity index (χ1n) is 9.01. The van der Waals surface area contributed by atoms with Gasteiger partial charge < -0.3 is 20.4 Å². The predicted molar refractivity (Wildman–Crippen MR) is 109 cm³/mol. The Morgan fingerprint density at radius 2 is 1.62 bits per heavy atom. The van der Waals surface area contributed by atoms with Crippen LogP contribution in [0, 0.1) is 6.92 Å². The van der Waals surface area contributed by atoms with E-state index in [4.69, 9.17) is 10.5 Å². The highest BCUT2D eigenvalue weighted by Gasteiger charge is 2.20. The number of nitrogens with zero attached hydrogens (tertiary/aromatic N) is 1. The van der Waals surface area contributed by atoms with E-state index in [1.165, 1.54) is 19.1 Å². The van der Waals surface area contributed by atoms with E-state index in [2.05, 4.69) is 5.32 Å². The highest BCUT2D eigenvalue weighted by atomic mass is 16.5. The van der Waals surface area contributed by atoms with Gasteiger partial charge in [-0.2, -0.15) is 0 Å². The third-order valence-corrected chi connectivity index (χ3v) is 4.42. The molecule has 148 valence electrons. The summed E-state index contributed by atoms with van der Waals surface area (Å²) < 4.78 is 7.21. The number of amides is 2. The minimum absolute atomic E-state index is 0.334. The van der Waals surface area contributed by atoms with Gasteiger partial charge in [0.25, 0.3) is 5.91 Å². The molecule has 0 saturated heterocycles. The number of carbonyl (C=O) groups excluding carboxylic acids is 3. The van der Waals surface area contributed by atoms with Gasteiger partial charge in [-0.05, 0) is 67.9 Å². The van der Waals surface area contributed by atoms with E-state index in [0.29, 0.717) is 16.8 Å². The van der Waals surface area contributed by atoms with Crippen molar-refractivity contribution in [2.24, 2.45) is 5.73 Å². The normalized spacial score (nSPS) is 11.5. The average Bonchev–Trinajstić information content (AvgIpc) is 3.23. The Balaban J connectivity index is 1.66. The molecule has 0 aliphatic carbocycles. The van der Waals surface area contributed by atoms with E-state index in [9.17, 15) is 14.4 Å². The van der Waals surface area contributed by atoms with E-state index in [0.717, 1.165) is 11.3 Å². The average molecular weight is 391 g/mol.